The lowest BCUT2D eigenvalue weighted by atomic mass is 10.1. The molecule has 14 heavy (non-hydrogen) atoms. The summed E-state index contributed by atoms with van der Waals surface area (Å²) in [6, 6.07) is 0. The van der Waals surface area contributed by atoms with Gasteiger partial charge in [0.25, 0.3) is 0 Å². The highest BCUT2D eigenvalue weighted by Gasteiger charge is 2.29. The molecule has 0 radical (unpaired) electrons. The Kier molecular flexibility index (Phi) is 4.03. The highest BCUT2D eigenvalue weighted by Crippen LogP contribution is 2.35. The van der Waals surface area contributed by atoms with Gasteiger partial charge in [-0.2, -0.15) is 0 Å². The Morgan fingerprint density at radius 2 is 1.50 bits per heavy atom. The zero-order chi connectivity index (χ0) is 10.9. The first-order valence-corrected chi connectivity index (χ1v) is 5.34. The molecule has 0 fully saturated rings. The van der Waals surface area contributed by atoms with Crippen LogP contribution in [-0.2, 0) is 0 Å². The molecular formula is C7H4Br2F2N2S. The third-order valence-corrected chi connectivity index (χ3v) is 3.19. The second kappa shape index (κ2) is 4.67. The van der Waals surface area contributed by atoms with Crippen molar-refractivity contribution < 1.29 is 8.78 Å². The summed E-state index contributed by atoms with van der Waals surface area (Å²) in [6.07, 6.45) is 0. The largest absolute Gasteiger partial charge is 0.285 e. The Balaban J connectivity index is 3.47. The van der Waals surface area contributed by atoms with E-state index in [1.807, 2.05) is 0 Å². The number of hydrogen-bond donors (Lipinski definition) is 1. The number of halogens is 4. The molecule has 0 aromatic rings. The van der Waals surface area contributed by atoms with Crippen molar-refractivity contribution in [1.29, 1.82) is 0 Å². The summed E-state index contributed by atoms with van der Waals surface area (Å²) >= 11 is 9.43. The lowest BCUT2D eigenvalue weighted by Gasteiger charge is -2.14. The molecule has 0 bridgehead atoms. The Morgan fingerprint density at radius 3 is 1.86 bits per heavy atom. The highest BCUT2D eigenvalue weighted by molar-refractivity contribution is 9.12. The van der Waals surface area contributed by atoms with E-state index in [4.69, 9.17) is 0 Å². The third-order valence-electron chi connectivity index (χ3n) is 1.54. The summed E-state index contributed by atoms with van der Waals surface area (Å²) in [6.45, 7) is 0. The molecule has 0 aromatic carbocycles. The quantitative estimate of drug-likeness (QED) is 0.513. The number of rotatable bonds is 0. The molecular weight excluding hydrogens is 342 g/mol. The van der Waals surface area contributed by atoms with Gasteiger partial charge in [0.1, 0.15) is 11.4 Å². The first kappa shape index (κ1) is 12.1. The van der Waals surface area contributed by atoms with Gasteiger partial charge in [-0.25, -0.2) is 13.2 Å². The lowest BCUT2D eigenvalue weighted by Crippen LogP contribution is -2.20. The van der Waals surface area contributed by atoms with E-state index in [0.29, 0.717) is 0 Å². The van der Waals surface area contributed by atoms with Crippen molar-refractivity contribution in [2.75, 3.05) is 7.05 Å². The molecule has 1 aliphatic carbocycles. The van der Waals surface area contributed by atoms with Crippen molar-refractivity contribution in [3.63, 3.8) is 0 Å². The standard InChI is InChI=1S/C7H4Br2F2N2S/c1-12-6-2(8)4(10)5(11)3(9)7(6)13-14/h14H,1H3/b12-6-,13-7-. The molecule has 2 nitrogen and oxygen atoms in total. The highest BCUT2D eigenvalue weighted by atomic mass is 79.9. The van der Waals surface area contributed by atoms with Crippen molar-refractivity contribution in [3.05, 3.63) is 20.6 Å². The molecule has 0 heterocycles. The fourth-order valence-corrected chi connectivity index (χ4v) is 2.23. The van der Waals surface area contributed by atoms with Gasteiger partial charge in [0, 0.05) is 7.05 Å². The van der Waals surface area contributed by atoms with Gasteiger partial charge < -0.3 is 0 Å². The van der Waals surface area contributed by atoms with Crippen LogP contribution in [0.4, 0.5) is 8.78 Å². The topological polar surface area (TPSA) is 24.7 Å². The number of thiol groups is 1. The Bertz CT molecular complexity index is 352. The van der Waals surface area contributed by atoms with Gasteiger partial charge in [-0.1, -0.05) is 0 Å². The van der Waals surface area contributed by atoms with Crippen LogP contribution in [0.2, 0.25) is 0 Å². The molecule has 76 valence electrons. The minimum absolute atomic E-state index is 0.0616. The van der Waals surface area contributed by atoms with Crippen molar-refractivity contribution in [3.8, 4) is 0 Å². The van der Waals surface area contributed by atoms with E-state index in [9.17, 15) is 8.78 Å². The molecule has 0 saturated heterocycles. The van der Waals surface area contributed by atoms with Crippen LogP contribution >= 0.6 is 44.7 Å². The summed E-state index contributed by atoms with van der Waals surface area (Å²) in [5.74, 6) is -2.02. The average molecular weight is 346 g/mol. The third kappa shape index (κ3) is 1.85. The van der Waals surface area contributed by atoms with Crippen LogP contribution in [0.25, 0.3) is 0 Å². The van der Waals surface area contributed by atoms with Crippen molar-refractivity contribution in [2.45, 2.75) is 0 Å². The van der Waals surface area contributed by atoms with Crippen molar-refractivity contribution in [1.82, 2.24) is 0 Å². The molecule has 1 aliphatic rings. The maximum atomic E-state index is 13.2. The lowest BCUT2D eigenvalue weighted by molar-refractivity contribution is 0.544. The molecule has 0 amide bonds. The van der Waals surface area contributed by atoms with E-state index in [-0.39, 0.29) is 20.4 Å². The molecule has 0 spiro atoms. The van der Waals surface area contributed by atoms with Crippen molar-refractivity contribution >= 4 is 56.1 Å². The summed E-state index contributed by atoms with van der Waals surface area (Å²) in [5.41, 5.74) is 0.368. The molecule has 0 N–H and O–H groups in total. The van der Waals surface area contributed by atoms with Crippen molar-refractivity contribution in [2.24, 2.45) is 9.39 Å². The van der Waals surface area contributed by atoms with E-state index in [1.165, 1.54) is 7.05 Å². The molecule has 0 saturated carbocycles. The zero-order valence-corrected chi connectivity index (χ0v) is 10.9. The monoisotopic (exact) mass is 344 g/mol. The predicted octanol–water partition coefficient (Wildman–Crippen LogP) is 3.51. The van der Waals surface area contributed by atoms with E-state index in [0.717, 1.165) is 0 Å². The first-order valence-electron chi connectivity index (χ1n) is 3.35. The first-order chi connectivity index (χ1) is 6.54. The van der Waals surface area contributed by atoms with Gasteiger partial charge >= 0.3 is 0 Å². The molecule has 0 unspecified atom stereocenters. The summed E-state index contributed by atoms with van der Waals surface area (Å²) in [5, 5.41) is 0. The number of aliphatic imine (C=N–C) groups is 1. The Labute approximate surface area is 102 Å². The minimum Gasteiger partial charge on any atom is -0.285 e. The summed E-state index contributed by atoms with van der Waals surface area (Å²) in [7, 11) is 1.45. The molecule has 0 aliphatic heterocycles. The Morgan fingerprint density at radius 1 is 1.07 bits per heavy atom. The van der Waals surface area contributed by atoms with Crippen LogP contribution in [0.5, 0.6) is 0 Å². The van der Waals surface area contributed by atoms with Crippen LogP contribution in [0.15, 0.2) is 30.0 Å². The predicted molar refractivity (Wildman–Crippen MR) is 63.9 cm³/mol. The van der Waals surface area contributed by atoms with Crippen LogP contribution in [-0.4, -0.2) is 18.5 Å². The Hall–Kier alpha value is -0.0100. The van der Waals surface area contributed by atoms with Crippen LogP contribution in [0, 0.1) is 0 Å². The fourth-order valence-electron chi connectivity index (χ4n) is 0.904. The maximum absolute atomic E-state index is 13.2. The van der Waals surface area contributed by atoms with E-state index in [1.54, 1.807) is 0 Å². The zero-order valence-electron chi connectivity index (χ0n) is 6.85. The number of hydrogen-bond acceptors (Lipinski definition) is 3. The summed E-state index contributed by atoms with van der Waals surface area (Å²) in [4.78, 5) is 3.78. The number of nitrogens with zero attached hydrogens (tertiary/aromatic N) is 2. The van der Waals surface area contributed by atoms with Gasteiger partial charge in [-0.3, -0.25) is 4.99 Å². The SMILES string of the molecule is C/N=C1/C(Br)=C(F)C(F)=C(Br)/C1=N/S. The normalized spacial score (nSPS) is 24.1. The average Bonchev–Trinajstić information content (AvgIpc) is 2.20. The maximum Gasteiger partial charge on any atom is 0.176 e. The van der Waals surface area contributed by atoms with E-state index in [2.05, 4.69) is 54.1 Å². The smallest absolute Gasteiger partial charge is 0.176 e. The van der Waals surface area contributed by atoms with Gasteiger partial charge in [-0.05, 0) is 44.7 Å². The molecule has 0 atom stereocenters. The van der Waals surface area contributed by atoms with Gasteiger partial charge in [0.2, 0.25) is 0 Å². The van der Waals surface area contributed by atoms with Crippen LogP contribution < -0.4 is 0 Å². The minimum atomic E-state index is -1.02. The van der Waals surface area contributed by atoms with Gasteiger partial charge in [-0.15, -0.1) is 0 Å². The van der Waals surface area contributed by atoms with Gasteiger partial charge in [0.15, 0.2) is 11.7 Å². The fraction of sp³-hybridized carbons (Fsp3) is 0.143. The second-order valence-corrected chi connectivity index (χ2v) is 4.06. The number of allylic oxidation sites excluding steroid dienone is 4. The van der Waals surface area contributed by atoms with E-state index < -0.39 is 11.7 Å². The molecule has 7 heteroatoms. The van der Waals surface area contributed by atoms with Crippen LogP contribution in [0.1, 0.15) is 0 Å². The van der Waals surface area contributed by atoms with Crippen LogP contribution in [0.3, 0.4) is 0 Å². The van der Waals surface area contributed by atoms with E-state index >= 15 is 0 Å². The summed E-state index contributed by atoms with van der Waals surface area (Å²) < 4.78 is 29.7. The second-order valence-electron chi connectivity index (χ2n) is 2.28. The van der Waals surface area contributed by atoms with Gasteiger partial charge in [0.05, 0.1) is 8.96 Å². The molecule has 0 aromatic heterocycles. The molecule has 1 rings (SSSR count).